The molecule has 2 unspecified atom stereocenters. The number of rotatable bonds is 3. The second-order valence-electron chi connectivity index (χ2n) is 7.27. The molecule has 1 aliphatic carbocycles. The Morgan fingerprint density at radius 3 is 2.30 bits per heavy atom. The van der Waals surface area contributed by atoms with Crippen molar-refractivity contribution < 1.29 is 19.1 Å². The average molecular weight is 363 g/mol. The first-order valence-electron chi connectivity index (χ1n) is 9.31. The standard InChI is InChI=1S/C22H21NO4/c1-14-6-4-9-17(12-14)27-22(26)15-7-5-8-16(13-15)23-20(24)18-10-2-3-11-19(18)21(23)25/h4-9,12-13,18-19H,2-3,10-11H2,1H3. The highest BCUT2D eigenvalue weighted by Gasteiger charge is 2.48. The number of imide groups is 1. The third-order valence-electron chi connectivity index (χ3n) is 5.38. The van der Waals surface area contributed by atoms with E-state index < -0.39 is 5.97 Å². The first-order chi connectivity index (χ1) is 13.0. The number of fused-ring (bicyclic) bond motifs is 1. The number of hydrogen-bond acceptors (Lipinski definition) is 4. The fourth-order valence-corrected chi connectivity index (χ4v) is 4.03. The van der Waals surface area contributed by atoms with E-state index in [-0.39, 0.29) is 23.7 Å². The van der Waals surface area contributed by atoms with Crippen molar-refractivity contribution in [1.29, 1.82) is 0 Å². The lowest BCUT2D eigenvalue weighted by Gasteiger charge is -2.19. The van der Waals surface area contributed by atoms with E-state index in [0.717, 1.165) is 31.2 Å². The minimum Gasteiger partial charge on any atom is -0.423 e. The van der Waals surface area contributed by atoms with E-state index in [1.54, 1.807) is 36.4 Å². The lowest BCUT2D eigenvalue weighted by atomic mass is 9.81. The second kappa shape index (κ2) is 6.99. The quantitative estimate of drug-likeness (QED) is 0.471. The van der Waals surface area contributed by atoms with Gasteiger partial charge in [0.05, 0.1) is 23.1 Å². The maximum Gasteiger partial charge on any atom is 0.343 e. The monoisotopic (exact) mass is 363 g/mol. The number of amides is 2. The zero-order chi connectivity index (χ0) is 19.0. The maximum atomic E-state index is 12.7. The predicted octanol–water partition coefficient (Wildman–Crippen LogP) is 3.89. The highest BCUT2D eigenvalue weighted by molar-refractivity contribution is 6.22. The Kier molecular flexibility index (Phi) is 4.52. The number of nitrogens with zero attached hydrogens (tertiary/aromatic N) is 1. The summed E-state index contributed by atoms with van der Waals surface area (Å²) in [7, 11) is 0. The van der Waals surface area contributed by atoms with Crippen LogP contribution in [0.25, 0.3) is 0 Å². The Hall–Kier alpha value is -2.95. The van der Waals surface area contributed by atoms with E-state index in [0.29, 0.717) is 17.0 Å². The molecule has 0 aromatic heterocycles. The molecule has 1 saturated carbocycles. The molecule has 5 heteroatoms. The lowest BCUT2D eigenvalue weighted by Crippen LogP contribution is -2.31. The molecule has 0 N–H and O–H groups in total. The summed E-state index contributed by atoms with van der Waals surface area (Å²) in [6.07, 6.45) is 3.50. The molecule has 0 radical (unpaired) electrons. The molecule has 2 atom stereocenters. The number of hydrogen-bond donors (Lipinski definition) is 0. The van der Waals surface area contributed by atoms with Crippen LogP contribution in [0.4, 0.5) is 5.69 Å². The number of aryl methyl sites for hydroxylation is 1. The molecule has 2 aliphatic rings. The van der Waals surface area contributed by atoms with Gasteiger partial charge in [-0.15, -0.1) is 0 Å². The molecule has 27 heavy (non-hydrogen) atoms. The van der Waals surface area contributed by atoms with Crippen molar-refractivity contribution in [2.45, 2.75) is 32.6 Å². The fourth-order valence-electron chi connectivity index (χ4n) is 4.03. The SMILES string of the molecule is Cc1cccc(OC(=O)c2cccc(N3C(=O)C4CCCCC4C3=O)c2)c1. The van der Waals surface area contributed by atoms with Gasteiger partial charge in [-0.2, -0.15) is 0 Å². The Morgan fingerprint density at radius 1 is 0.963 bits per heavy atom. The van der Waals surface area contributed by atoms with Gasteiger partial charge >= 0.3 is 5.97 Å². The van der Waals surface area contributed by atoms with Gasteiger partial charge in [0, 0.05) is 0 Å². The van der Waals surface area contributed by atoms with E-state index >= 15 is 0 Å². The van der Waals surface area contributed by atoms with Crippen LogP contribution in [0.5, 0.6) is 5.75 Å². The number of ether oxygens (including phenoxy) is 1. The van der Waals surface area contributed by atoms with E-state index in [1.807, 2.05) is 19.1 Å². The largest absolute Gasteiger partial charge is 0.423 e. The van der Waals surface area contributed by atoms with Crippen molar-refractivity contribution in [3.63, 3.8) is 0 Å². The van der Waals surface area contributed by atoms with Gasteiger partial charge in [0.15, 0.2) is 0 Å². The Bertz CT molecular complexity index is 896. The van der Waals surface area contributed by atoms with Gasteiger partial charge < -0.3 is 4.74 Å². The summed E-state index contributed by atoms with van der Waals surface area (Å²) in [6, 6.07) is 13.8. The summed E-state index contributed by atoms with van der Waals surface area (Å²) >= 11 is 0. The summed E-state index contributed by atoms with van der Waals surface area (Å²) in [4.78, 5) is 39.2. The first-order valence-corrected chi connectivity index (χ1v) is 9.31. The molecule has 138 valence electrons. The minimum absolute atomic E-state index is 0.145. The van der Waals surface area contributed by atoms with Crippen molar-refractivity contribution in [1.82, 2.24) is 0 Å². The third kappa shape index (κ3) is 3.25. The summed E-state index contributed by atoms with van der Waals surface area (Å²) in [5.41, 5.74) is 1.74. The van der Waals surface area contributed by atoms with Crippen LogP contribution >= 0.6 is 0 Å². The normalized spacial score (nSPS) is 21.9. The van der Waals surface area contributed by atoms with E-state index in [9.17, 15) is 14.4 Å². The molecule has 4 rings (SSSR count). The summed E-state index contributed by atoms with van der Waals surface area (Å²) in [5, 5.41) is 0. The number of anilines is 1. The molecule has 2 amide bonds. The summed E-state index contributed by atoms with van der Waals surface area (Å²) in [6.45, 7) is 1.92. The van der Waals surface area contributed by atoms with Gasteiger partial charge in [0.2, 0.25) is 11.8 Å². The van der Waals surface area contributed by atoms with Gasteiger partial charge in [-0.25, -0.2) is 4.79 Å². The molecule has 2 fully saturated rings. The smallest absolute Gasteiger partial charge is 0.343 e. The van der Waals surface area contributed by atoms with Gasteiger partial charge in [-0.3, -0.25) is 14.5 Å². The zero-order valence-electron chi connectivity index (χ0n) is 15.2. The zero-order valence-corrected chi connectivity index (χ0v) is 15.2. The molecule has 2 aromatic rings. The number of benzene rings is 2. The first kappa shape index (κ1) is 17.5. The van der Waals surface area contributed by atoms with Crippen LogP contribution in [0.3, 0.4) is 0 Å². The fraction of sp³-hybridized carbons (Fsp3) is 0.318. The topological polar surface area (TPSA) is 63.7 Å². The van der Waals surface area contributed by atoms with Crippen molar-refractivity contribution in [2.24, 2.45) is 11.8 Å². The second-order valence-corrected chi connectivity index (χ2v) is 7.27. The van der Waals surface area contributed by atoms with E-state index in [1.165, 1.54) is 4.90 Å². The third-order valence-corrected chi connectivity index (χ3v) is 5.38. The van der Waals surface area contributed by atoms with Crippen LogP contribution in [0, 0.1) is 18.8 Å². The van der Waals surface area contributed by atoms with Crippen molar-refractivity contribution >= 4 is 23.5 Å². The van der Waals surface area contributed by atoms with Crippen LogP contribution in [-0.4, -0.2) is 17.8 Å². The molecule has 1 aliphatic heterocycles. The highest BCUT2D eigenvalue weighted by atomic mass is 16.5. The molecule has 0 spiro atoms. The Balaban J connectivity index is 1.58. The van der Waals surface area contributed by atoms with Gasteiger partial charge in [-0.05, 0) is 55.7 Å². The van der Waals surface area contributed by atoms with Crippen LogP contribution in [0.15, 0.2) is 48.5 Å². The molecule has 5 nitrogen and oxygen atoms in total. The molecular weight excluding hydrogens is 342 g/mol. The van der Waals surface area contributed by atoms with Gasteiger partial charge in [0.25, 0.3) is 0 Å². The highest BCUT2D eigenvalue weighted by Crippen LogP contribution is 2.40. The summed E-state index contributed by atoms with van der Waals surface area (Å²) in [5.74, 6) is -0.769. The van der Waals surface area contributed by atoms with Gasteiger partial charge in [-0.1, -0.05) is 31.0 Å². The molecule has 1 saturated heterocycles. The molecule has 2 aromatic carbocycles. The van der Waals surface area contributed by atoms with E-state index in [2.05, 4.69) is 0 Å². The van der Waals surface area contributed by atoms with Crippen LogP contribution in [0.2, 0.25) is 0 Å². The lowest BCUT2D eigenvalue weighted by molar-refractivity contribution is -0.122. The Labute approximate surface area is 157 Å². The number of carbonyl (C=O) groups excluding carboxylic acids is 3. The minimum atomic E-state index is -0.515. The van der Waals surface area contributed by atoms with Crippen LogP contribution in [-0.2, 0) is 9.59 Å². The average Bonchev–Trinajstić information content (AvgIpc) is 2.93. The van der Waals surface area contributed by atoms with Crippen molar-refractivity contribution in [3.8, 4) is 5.75 Å². The van der Waals surface area contributed by atoms with Crippen LogP contribution in [0.1, 0.15) is 41.6 Å². The number of carbonyl (C=O) groups is 3. The van der Waals surface area contributed by atoms with E-state index in [4.69, 9.17) is 4.74 Å². The predicted molar refractivity (Wildman–Crippen MR) is 101 cm³/mol. The number of esters is 1. The molecule has 0 bridgehead atoms. The van der Waals surface area contributed by atoms with Crippen molar-refractivity contribution in [2.75, 3.05) is 4.90 Å². The summed E-state index contributed by atoms with van der Waals surface area (Å²) < 4.78 is 5.42. The molecular formula is C22H21NO4. The van der Waals surface area contributed by atoms with Gasteiger partial charge in [0.1, 0.15) is 5.75 Å². The molecule has 1 heterocycles. The van der Waals surface area contributed by atoms with Crippen molar-refractivity contribution in [3.05, 3.63) is 59.7 Å². The van der Waals surface area contributed by atoms with Crippen LogP contribution < -0.4 is 9.64 Å². The maximum absolute atomic E-state index is 12.7. The Morgan fingerprint density at radius 2 is 1.63 bits per heavy atom.